The molecule has 0 fully saturated rings. The van der Waals surface area contributed by atoms with Crippen LogP contribution in [0.3, 0.4) is 0 Å². The molecule has 2 aromatic heterocycles. The van der Waals surface area contributed by atoms with Gasteiger partial charge in [-0.1, -0.05) is 23.4 Å². The van der Waals surface area contributed by atoms with Gasteiger partial charge in [-0.15, -0.1) is 21.5 Å². The van der Waals surface area contributed by atoms with E-state index in [0.717, 1.165) is 6.07 Å². The standard InChI is InChI=1S/C18H16ClFN4O4S2/c1-24-14(8-28-13-4-3-10(20)7-12(13)19)22-23-18(24)30-9-15(25)21-16-11(5-6-29-16)17(26)27-2/h3-7H,8-9H2,1-2H3,(H,21,25). The number of ether oxygens (including phenoxy) is 2. The third kappa shape index (κ3) is 5.29. The Balaban J connectivity index is 1.55. The molecule has 0 atom stereocenters. The number of benzene rings is 1. The molecule has 0 spiro atoms. The molecule has 1 N–H and O–H groups in total. The molecule has 0 radical (unpaired) electrons. The number of aromatic nitrogens is 3. The number of thiophene rings is 1. The van der Waals surface area contributed by atoms with Crippen molar-refractivity contribution in [1.29, 1.82) is 0 Å². The number of rotatable bonds is 8. The molecule has 0 aliphatic rings. The fourth-order valence-electron chi connectivity index (χ4n) is 2.30. The minimum Gasteiger partial charge on any atom is -0.484 e. The highest BCUT2D eigenvalue weighted by molar-refractivity contribution is 7.99. The largest absolute Gasteiger partial charge is 0.484 e. The molecule has 0 bridgehead atoms. The summed E-state index contributed by atoms with van der Waals surface area (Å²) in [4.78, 5) is 23.9. The van der Waals surface area contributed by atoms with E-state index in [1.165, 1.54) is 42.3 Å². The average Bonchev–Trinajstić information content (AvgIpc) is 3.32. The number of esters is 1. The van der Waals surface area contributed by atoms with Gasteiger partial charge in [-0.3, -0.25) is 4.79 Å². The Morgan fingerprint density at radius 2 is 2.13 bits per heavy atom. The number of carbonyl (C=O) groups excluding carboxylic acids is 2. The van der Waals surface area contributed by atoms with Crippen molar-refractivity contribution < 1.29 is 23.5 Å². The fourth-order valence-corrected chi connectivity index (χ4v) is 4.04. The maximum absolute atomic E-state index is 13.1. The number of hydrogen-bond acceptors (Lipinski definition) is 8. The van der Waals surface area contributed by atoms with E-state index in [1.54, 1.807) is 23.1 Å². The summed E-state index contributed by atoms with van der Waals surface area (Å²) >= 11 is 8.35. The van der Waals surface area contributed by atoms with Gasteiger partial charge in [-0.05, 0) is 29.6 Å². The van der Waals surface area contributed by atoms with Gasteiger partial charge in [-0.25, -0.2) is 9.18 Å². The lowest BCUT2D eigenvalue weighted by Crippen LogP contribution is -2.16. The summed E-state index contributed by atoms with van der Waals surface area (Å²) in [5, 5.41) is 13.6. The molecule has 0 aliphatic carbocycles. The Kier molecular flexibility index (Phi) is 7.29. The molecule has 3 rings (SSSR count). The molecule has 158 valence electrons. The van der Waals surface area contributed by atoms with E-state index in [2.05, 4.69) is 20.3 Å². The van der Waals surface area contributed by atoms with Gasteiger partial charge in [0.05, 0.1) is 23.4 Å². The Labute approximate surface area is 184 Å². The topological polar surface area (TPSA) is 95.3 Å². The number of thioether (sulfide) groups is 1. The summed E-state index contributed by atoms with van der Waals surface area (Å²) in [5.41, 5.74) is 0.304. The van der Waals surface area contributed by atoms with Crippen molar-refractivity contribution in [2.45, 2.75) is 11.8 Å². The second-order valence-electron chi connectivity index (χ2n) is 5.81. The predicted molar refractivity (Wildman–Crippen MR) is 112 cm³/mol. The van der Waals surface area contributed by atoms with Crippen molar-refractivity contribution in [2.75, 3.05) is 18.2 Å². The van der Waals surface area contributed by atoms with Crippen LogP contribution in [0, 0.1) is 5.82 Å². The van der Waals surface area contributed by atoms with Crippen LogP contribution in [0.5, 0.6) is 5.75 Å². The van der Waals surface area contributed by atoms with Crippen LogP contribution in [0.2, 0.25) is 5.02 Å². The lowest BCUT2D eigenvalue weighted by Gasteiger charge is -2.08. The smallest absolute Gasteiger partial charge is 0.340 e. The molecule has 0 saturated heterocycles. The lowest BCUT2D eigenvalue weighted by molar-refractivity contribution is -0.113. The van der Waals surface area contributed by atoms with Gasteiger partial charge < -0.3 is 19.4 Å². The van der Waals surface area contributed by atoms with E-state index in [9.17, 15) is 14.0 Å². The number of nitrogens with zero attached hydrogens (tertiary/aromatic N) is 3. The number of nitrogens with one attached hydrogen (secondary N) is 1. The Morgan fingerprint density at radius 1 is 1.33 bits per heavy atom. The summed E-state index contributed by atoms with van der Waals surface area (Å²) in [6.07, 6.45) is 0. The second kappa shape index (κ2) is 9.92. The van der Waals surface area contributed by atoms with Crippen LogP contribution in [0.15, 0.2) is 34.8 Å². The number of halogens is 2. The van der Waals surface area contributed by atoms with E-state index in [0.29, 0.717) is 27.3 Å². The molecular formula is C18H16ClFN4O4S2. The molecule has 12 heteroatoms. The summed E-state index contributed by atoms with van der Waals surface area (Å²) in [7, 11) is 3.01. The number of hydrogen-bond donors (Lipinski definition) is 1. The Bertz CT molecular complexity index is 1070. The molecule has 30 heavy (non-hydrogen) atoms. The monoisotopic (exact) mass is 470 g/mol. The zero-order valence-electron chi connectivity index (χ0n) is 15.8. The van der Waals surface area contributed by atoms with Gasteiger partial charge in [-0.2, -0.15) is 0 Å². The van der Waals surface area contributed by atoms with Crippen molar-refractivity contribution in [1.82, 2.24) is 14.8 Å². The van der Waals surface area contributed by atoms with Gasteiger partial charge in [0.2, 0.25) is 5.91 Å². The Morgan fingerprint density at radius 3 is 2.87 bits per heavy atom. The number of carbonyl (C=O) groups is 2. The van der Waals surface area contributed by atoms with Crippen molar-refractivity contribution in [3.63, 3.8) is 0 Å². The first-order valence-electron chi connectivity index (χ1n) is 8.43. The summed E-state index contributed by atoms with van der Waals surface area (Å²) in [6, 6.07) is 5.42. The van der Waals surface area contributed by atoms with Crippen LogP contribution in [0.4, 0.5) is 9.39 Å². The van der Waals surface area contributed by atoms with Crippen molar-refractivity contribution >= 4 is 51.6 Å². The van der Waals surface area contributed by atoms with Crippen LogP contribution < -0.4 is 10.1 Å². The van der Waals surface area contributed by atoms with E-state index in [-0.39, 0.29) is 23.3 Å². The predicted octanol–water partition coefficient (Wildman–Crippen LogP) is 3.77. The van der Waals surface area contributed by atoms with Gasteiger partial charge in [0.15, 0.2) is 11.0 Å². The minimum atomic E-state index is -0.515. The highest BCUT2D eigenvalue weighted by Gasteiger charge is 2.17. The highest BCUT2D eigenvalue weighted by atomic mass is 35.5. The number of methoxy groups -OCH3 is 1. The first-order chi connectivity index (χ1) is 14.4. The third-order valence-corrected chi connectivity index (χ3v) is 5.98. The first-order valence-corrected chi connectivity index (χ1v) is 10.7. The van der Waals surface area contributed by atoms with Crippen LogP contribution >= 0.6 is 34.7 Å². The van der Waals surface area contributed by atoms with E-state index >= 15 is 0 Å². The highest BCUT2D eigenvalue weighted by Crippen LogP contribution is 2.27. The second-order valence-corrected chi connectivity index (χ2v) is 8.08. The average molecular weight is 471 g/mol. The normalized spacial score (nSPS) is 10.7. The van der Waals surface area contributed by atoms with Crippen LogP contribution in [0.25, 0.3) is 0 Å². The van der Waals surface area contributed by atoms with Gasteiger partial charge in [0, 0.05) is 7.05 Å². The third-order valence-electron chi connectivity index (χ3n) is 3.83. The SMILES string of the molecule is COC(=O)c1ccsc1NC(=O)CSc1nnc(COc2ccc(F)cc2Cl)n1C. The molecule has 8 nitrogen and oxygen atoms in total. The molecule has 1 aromatic carbocycles. The molecule has 3 aromatic rings. The maximum atomic E-state index is 13.1. The molecule has 1 amide bonds. The lowest BCUT2D eigenvalue weighted by atomic mass is 10.3. The minimum absolute atomic E-state index is 0.0646. The van der Waals surface area contributed by atoms with Gasteiger partial charge in [0.1, 0.15) is 23.2 Å². The van der Waals surface area contributed by atoms with Crippen molar-refractivity contribution in [2.24, 2.45) is 7.05 Å². The zero-order valence-corrected chi connectivity index (χ0v) is 18.2. The summed E-state index contributed by atoms with van der Waals surface area (Å²) < 4.78 is 25.0. The van der Waals surface area contributed by atoms with Crippen LogP contribution in [-0.2, 0) is 23.2 Å². The zero-order chi connectivity index (χ0) is 21.7. The molecular weight excluding hydrogens is 455 g/mol. The van der Waals surface area contributed by atoms with Crippen LogP contribution in [-0.4, -0.2) is 39.5 Å². The van der Waals surface area contributed by atoms with Crippen molar-refractivity contribution in [3.8, 4) is 5.75 Å². The van der Waals surface area contributed by atoms with E-state index in [4.69, 9.17) is 16.3 Å². The quantitative estimate of drug-likeness (QED) is 0.395. The van der Waals surface area contributed by atoms with Gasteiger partial charge >= 0.3 is 5.97 Å². The Hall–Kier alpha value is -2.63. The first kappa shape index (κ1) is 22.1. The van der Waals surface area contributed by atoms with E-state index in [1.807, 2.05) is 0 Å². The maximum Gasteiger partial charge on any atom is 0.340 e. The van der Waals surface area contributed by atoms with Crippen LogP contribution in [0.1, 0.15) is 16.2 Å². The summed E-state index contributed by atoms with van der Waals surface area (Å²) in [5.74, 6) is -0.375. The number of amides is 1. The molecule has 0 unspecified atom stereocenters. The molecule has 0 saturated carbocycles. The molecule has 2 heterocycles. The fraction of sp³-hybridized carbons (Fsp3) is 0.222. The van der Waals surface area contributed by atoms with Crippen molar-refractivity contribution in [3.05, 3.63) is 51.9 Å². The number of anilines is 1. The molecule has 0 aliphatic heterocycles. The van der Waals surface area contributed by atoms with Gasteiger partial charge in [0.25, 0.3) is 0 Å². The summed E-state index contributed by atoms with van der Waals surface area (Å²) in [6.45, 7) is 0.0687. The van der Waals surface area contributed by atoms with E-state index < -0.39 is 11.8 Å².